The van der Waals surface area contributed by atoms with Crippen molar-refractivity contribution in [2.45, 2.75) is 6.18 Å². The molecule has 0 unspecified atom stereocenters. The van der Waals surface area contributed by atoms with Crippen LogP contribution < -0.4 is 5.32 Å². The SMILES string of the molecule is CNCC(=O)c1cc(O)cc(C(F)(F)F)c1O. The number of carbonyl (C=O) groups is 1. The summed E-state index contributed by atoms with van der Waals surface area (Å²) in [7, 11) is 1.43. The number of aromatic hydroxyl groups is 2. The fourth-order valence-corrected chi connectivity index (χ4v) is 1.30. The van der Waals surface area contributed by atoms with Gasteiger partial charge in [0.05, 0.1) is 12.1 Å². The summed E-state index contributed by atoms with van der Waals surface area (Å²) in [5.41, 5.74) is -2.00. The van der Waals surface area contributed by atoms with E-state index in [1.807, 2.05) is 0 Å². The van der Waals surface area contributed by atoms with Crippen LogP contribution in [0.5, 0.6) is 11.5 Å². The zero-order valence-electron chi connectivity index (χ0n) is 8.80. The van der Waals surface area contributed by atoms with Crippen molar-refractivity contribution < 1.29 is 28.2 Å². The third-order valence-electron chi connectivity index (χ3n) is 2.04. The predicted octanol–water partition coefficient (Wildman–Crippen LogP) is 1.52. The summed E-state index contributed by atoms with van der Waals surface area (Å²) < 4.78 is 37.4. The molecule has 3 N–H and O–H groups in total. The first-order valence-electron chi connectivity index (χ1n) is 4.58. The van der Waals surface area contributed by atoms with Crippen LogP contribution >= 0.6 is 0 Å². The number of carbonyl (C=O) groups excluding carboxylic acids is 1. The summed E-state index contributed by atoms with van der Waals surface area (Å²) in [5, 5.41) is 20.9. The van der Waals surface area contributed by atoms with Crippen LogP contribution in [0.2, 0.25) is 0 Å². The molecule has 4 nitrogen and oxygen atoms in total. The maximum atomic E-state index is 12.5. The van der Waals surface area contributed by atoms with E-state index in [0.717, 1.165) is 6.07 Å². The number of phenolic OH excluding ortho intramolecular Hbond substituents is 2. The Morgan fingerprint density at radius 2 is 1.94 bits per heavy atom. The van der Waals surface area contributed by atoms with E-state index in [2.05, 4.69) is 5.32 Å². The molecule has 94 valence electrons. The molecular weight excluding hydrogens is 239 g/mol. The lowest BCUT2D eigenvalue weighted by atomic mass is 10.0. The Morgan fingerprint density at radius 3 is 2.41 bits per heavy atom. The van der Waals surface area contributed by atoms with Gasteiger partial charge < -0.3 is 15.5 Å². The standard InChI is InChI=1S/C10H10F3NO3/c1-14-4-8(16)6-2-5(15)3-7(9(6)17)10(11,12)13/h2-3,14-15,17H,4H2,1H3. The van der Waals surface area contributed by atoms with Gasteiger partial charge in [0.2, 0.25) is 0 Å². The summed E-state index contributed by atoms with van der Waals surface area (Å²) in [5.74, 6) is -2.64. The third-order valence-corrected chi connectivity index (χ3v) is 2.04. The highest BCUT2D eigenvalue weighted by Gasteiger charge is 2.36. The number of hydrogen-bond acceptors (Lipinski definition) is 4. The van der Waals surface area contributed by atoms with Gasteiger partial charge in [0.1, 0.15) is 17.1 Å². The first-order valence-corrected chi connectivity index (χ1v) is 4.58. The van der Waals surface area contributed by atoms with Crippen molar-refractivity contribution in [3.05, 3.63) is 23.3 Å². The van der Waals surface area contributed by atoms with Gasteiger partial charge in [0.25, 0.3) is 0 Å². The molecule has 0 radical (unpaired) electrons. The van der Waals surface area contributed by atoms with E-state index in [9.17, 15) is 23.1 Å². The van der Waals surface area contributed by atoms with Crippen molar-refractivity contribution in [2.24, 2.45) is 0 Å². The second kappa shape index (κ2) is 4.62. The highest BCUT2D eigenvalue weighted by molar-refractivity contribution is 6.00. The van der Waals surface area contributed by atoms with Crippen molar-refractivity contribution in [3.63, 3.8) is 0 Å². The van der Waals surface area contributed by atoms with Crippen LogP contribution in [0, 0.1) is 0 Å². The number of benzene rings is 1. The van der Waals surface area contributed by atoms with E-state index in [1.54, 1.807) is 0 Å². The largest absolute Gasteiger partial charge is 0.508 e. The number of phenols is 2. The van der Waals surface area contributed by atoms with Crippen molar-refractivity contribution in [1.82, 2.24) is 5.32 Å². The molecule has 0 heterocycles. The average molecular weight is 249 g/mol. The first kappa shape index (κ1) is 13.3. The molecule has 17 heavy (non-hydrogen) atoms. The van der Waals surface area contributed by atoms with Crippen molar-refractivity contribution >= 4 is 5.78 Å². The Balaban J connectivity index is 3.34. The van der Waals surface area contributed by atoms with Gasteiger partial charge in [0.15, 0.2) is 5.78 Å². The van der Waals surface area contributed by atoms with E-state index >= 15 is 0 Å². The fraction of sp³-hybridized carbons (Fsp3) is 0.300. The lowest BCUT2D eigenvalue weighted by Crippen LogP contribution is -2.19. The number of nitrogens with one attached hydrogen (secondary N) is 1. The van der Waals surface area contributed by atoms with Crippen LogP contribution in [0.15, 0.2) is 12.1 Å². The monoisotopic (exact) mass is 249 g/mol. The van der Waals surface area contributed by atoms with Crippen LogP contribution in [0.1, 0.15) is 15.9 Å². The summed E-state index contributed by atoms with van der Waals surface area (Å²) in [6.07, 6.45) is -4.84. The van der Waals surface area contributed by atoms with Gasteiger partial charge in [0, 0.05) is 0 Å². The summed E-state index contributed by atoms with van der Waals surface area (Å²) in [6, 6.07) is 1.16. The molecule has 1 aromatic carbocycles. The molecule has 0 aliphatic rings. The van der Waals surface area contributed by atoms with E-state index in [1.165, 1.54) is 7.05 Å². The highest BCUT2D eigenvalue weighted by atomic mass is 19.4. The number of halogens is 3. The summed E-state index contributed by atoms with van der Waals surface area (Å²) in [6.45, 7) is -0.242. The smallest absolute Gasteiger partial charge is 0.420 e. The topological polar surface area (TPSA) is 69.6 Å². The van der Waals surface area contributed by atoms with Crippen LogP contribution in [0.4, 0.5) is 13.2 Å². The zero-order valence-corrected chi connectivity index (χ0v) is 8.80. The van der Waals surface area contributed by atoms with Crippen molar-refractivity contribution in [2.75, 3.05) is 13.6 Å². The molecule has 0 spiro atoms. The van der Waals surface area contributed by atoms with Crippen molar-refractivity contribution in [3.8, 4) is 11.5 Å². The van der Waals surface area contributed by atoms with E-state index in [4.69, 9.17) is 5.11 Å². The van der Waals surface area contributed by atoms with Crippen LogP contribution in [0.25, 0.3) is 0 Å². The number of Topliss-reactive ketones (excluding diaryl/α,β-unsaturated/α-hetero) is 1. The minimum absolute atomic E-state index is 0.242. The molecule has 1 aromatic rings. The quantitative estimate of drug-likeness (QED) is 0.561. The van der Waals surface area contributed by atoms with Crippen LogP contribution in [-0.4, -0.2) is 29.6 Å². The Morgan fingerprint density at radius 1 is 1.35 bits per heavy atom. The van der Waals surface area contributed by atoms with Gasteiger partial charge in [-0.15, -0.1) is 0 Å². The molecule has 7 heteroatoms. The number of ketones is 1. The maximum absolute atomic E-state index is 12.5. The number of alkyl halides is 3. The molecule has 0 amide bonds. The molecule has 0 saturated heterocycles. The summed E-state index contributed by atoms with van der Waals surface area (Å²) in [4.78, 5) is 11.4. The minimum atomic E-state index is -4.84. The molecule has 0 atom stereocenters. The summed E-state index contributed by atoms with van der Waals surface area (Å²) >= 11 is 0. The van der Waals surface area contributed by atoms with E-state index in [-0.39, 0.29) is 6.54 Å². The number of likely N-dealkylation sites (N-methyl/N-ethyl adjacent to an activating group) is 1. The molecule has 0 aliphatic heterocycles. The number of hydrogen-bond donors (Lipinski definition) is 3. The van der Waals surface area contributed by atoms with E-state index < -0.39 is 34.6 Å². The predicted molar refractivity (Wildman–Crippen MR) is 53.0 cm³/mol. The third kappa shape index (κ3) is 2.88. The molecule has 0 saturated carbocycles. The van der Waals surface area contributed by atoms with E-state index in [0.29, 0.717) is 6.07 Å². The molecule has 1 rings (SSSR count). The Kier molecular flexibility index (Phi) is 3.62. The second-order valence-electron chi connectivity index (χ2n) is 3.34. The Bertz CT molecular complexity index is 443. The van der Waals surface area contributed by atoms with Gasteiger partial charge in [-0.1, -0.05) is 0 Å². The van der Waals surface area contributed by atoms with Gasteiger partial charge in [-0.2, -0.15) is 13.2 Å². The molecule has 0 bridgehead atoms. The minimum Gasteiger partial charge on any atom is -0.508 e. The highest BCUT2D eigenvalue weighted by Crippen LogP contribution is 2.39. The fourth-order valence-electron chi connectivity index (χ4n) is 1.30. The lowest BCUT2D eigenvalue weighted by Gasteiger charge is -2.12. The number of rotatable bonds is 3. The Labute approximate surface area is 94.7 Å². The molecule has 0 aromatic heterocycles. The van der Waals surface area contributed by atoms with Crippen LogP contribution in [0.3, 0.4) is 0 Å². The molecular formula is C10H10F3NO3. The van der Waals surface area contributed by atoms with Gasteiger partial charge in [-0.05, 0) is 19.2 Å². The normalized spacial score (nSPS) is 11.5. The van der Waals surface area contributed by atoms with Crippen LogP contribution in [-0.2, 0) is 6.18 Å². The average Bonchev–Trinajstić information content (AvgIpc) is 2.19. The molecule has 0 aliphatic carbocycles. The zero-order chi connectivity index (χ0) is 13.2. The second-order valence-corrected chi connectivity index (χ2v) is 3.34. The lowest BCUT2D eigenvalue weighted by molar-refractivity contribution is -0.138. The Hall–Kier alpha value is -1.76. The maximum Gasteiger partial charge on any atom is 0.420 e. The van der Waals surface area contributed by atoms with Gasteiger partial charge >= 0.3 is 6.18 Å². The molecule has 0 fully saturated rings. The van der Waals surface area contributed by atoms with Crippen molar-refractivity contribution in [1.29, 1.82) is 0 Å². The van der Waals surface area contributed by atoms with Gasteiger partial charge in [-0.3, -0.25) is 4.79 Å². The van der Waals surface area contributed by atoms with Gasteiger partial charge in [-0.25, -0.2) is 0 Å². The first-order chi connectivity index (χ1) is 7.77.